The molecule has 0 aliphatic rings. The van der Waals surface area contributed by atoms with Crippen molar-refractivity contribution in [1.82, 2.24) is 5.32 Å². The third kappa shape index (κ3) is 3.07. The second-order valence-electron chi connectivity index (χ2n) is 2.82. The number of methoxy groups -OCH3 is 1. The van der Waals surface area contributed by atoms with Gasteiger partial charge in [0.1, 0.15) is 5.76 Å². The van der Waals surface area contributed by atoms with E-state index >= 15 is 0 Å². The smallest absolute Gasteiger partial charge is 0.117 e. The van der Waals surface area contributed by atoms with Gasteiger partial charge in [0.2, 0.25) is 0 Å². The fraction of sp³-hybridized carbons (Fsp3) is 0.556. The Bertz CT molecular complexity index is 196. The molecule has 0 bridgehead atoms. The summed E-state index contributed by atoms with van der Waals surface area (Å²) < 4.78 is 10.1. The zero-order valence-corrected chi connectivity index (χ0v) is 7.54. The molecule has 1 aromatic rings. The topological polar surface area (TPSA) is 34.4 Å². The van der Waals surface area contributed by atoms with Gasteiger partial charge in [0.05, 0.1) is 19.4 Å². The van der Waals surface area contributed by atoms with E-state index in [1.165, 1.54) is 0 Å². The van der Waals surface area contributed by atoms with Gasteiger partial charge in [-0.3, -0.25) is 0 Å². The van der Waals surface area contributed by atoms with Gasteiger partial charge in [0.25, 0.3) is 0 Å². The highest BCUT2D eigenvalue weighted by atomic mass is 16.5. The van der Waals surface area contributed by atoms with Crippen molar-refractivity contribution in [2.75, 3.05) is 13.7 Å². The first kappa shape index (κ1) is 9.29. The Kier molecular flexibility index (Phi) is 3.84. The van der Waals surface area contributed by atoms with Crippen LogP contribution < -0.4 is 5.32 Å². The average Bonchev–Trinajstić information content (AvgIpc) is 2.53. The molecule has 1 N–H and O–H groups in total. The van der Waals surface area contributed by atoms with Crippen molar-refractivity contribution in [2.24, 2.45) is 0 Å². The van der Waals surface area contributed by atoms with Gasteiger partial charge in [0, 0.05) is 13.2 Å². The number of ether oxygens (including phenoxy) is 1. The minimum Gasteiger partial charge on any atom is -0.468 e. The van der Waals surface area contributed by atoms with Crippen molar-refractivity contribution in [2.45, 2.75) is 19.5 Å². The molecular formula is C9H15NO2. The summed E-state index contributed by atoms with van der Waals surface area (Å²) in [6, 6.07) is 4.20. The largest absolute Gasteiger partial charge is 0.468 e. The highest BCUT2D eigenvalue weighted by molar-refractivity contribution is 4.97. The fourth-order valence-corrected chi connectivity index (χ4v) is 0.997. The van der Waals surface area contributed by atoms with Gasteiger partial charge < -0.3 is 14.5 Å². The first-order valence-corrected chi connectivity index (χ1v) is 4.07. The molecule has 3 heteroatoms. The van der Waals surface area contributed by atoms with E-state index in [1.54, 1.807) is 13.4 Å². The van der Waals surface area contributed by atoms with Gasteiger partial charge in [-0.05, 0) is 19.1 Å². The number of hydrogen-bond donors (Lipinski definition) is 1. The summed E-state index contributed by atoms with van der Waals surface area (Å²) in [5, 5.41) is 3.27. The van der Waals surface area contributed by atoms with Crippen LogP contribution in [-0.4, -0.2) is 19.8 Å². The maximum Gasteiger partial charge on any atom is 0.117 e. The standard InChI is InChI=1S/C9H15NO2/c1-8(7-11-2)10-6-9-4-3-5-12-9/h3-5,8,10H,6-7H2,1-2H3/t8-/m1/s1. The van der Waals surface area contributed by atoms with E-state index in [0.29, 0.717) is 6.04 Å². The lowest BCUT2D eigenvalue weighted by molar-refractivity contribution is 0.170. The molecule has 1 aromatic heterocycles. The SMILES string of the molecule is COC[C@@H](C)NCc1ccco1. The summed E-state index contributed by atoms with van der Waals surface area (Å²) in [5.74, 6) is 0.956. The Labute approximate surface area is 72.7 Å². The highest BCUT2D eigenvalue weighted by Gasteiger charge is 2.00. The second-order valence-corrected chi connectivity index (χ2v) is 2.82. The van der Waals surface area contributed by atoms with E-state index in [2.05, 4.69) is 12.2 Å². The molecule has 1 heterocycles. The molecular weight excluding hydrogens is 154 g/mol. The lowest BCUT2D eigenvalue weighted by atomic mass is 10.3. The van der Waals surface area contributed by atoms with Crippen molar-refractivity contribution >= 4 is 0 Å². The van der Waals surface area contributed by atoms with Crippen LogP contribution in [0.4, 0.5) is 0 Å². The molecule has 12 heavy (non-hydrogen) atoms. The third-order valence-electron chi connectivity index (χ3n) is 1.62. The average molecular weight is 169 g/mol. The van der Waals surface area contributed by atoms with Gasteiger partial charge in [0.15, 0.2) is 0 Å². The minimum absolute atomic E-state index is 0.361. The molecule has 3 nitrogen and oxygen atoms in total. The first-order chi connectivity index (χ1) is 5.83. The molecule has 0 radical (unpaired) electrons. The fourth-order valence-electron chi connectivity index (χ4n) is 0.997. The van der Waals surface area contributed by atoms with Crippen LogP contribution in [0.1, 0.15) is 12.7 Å². The van der Waals surface area contributed by atoms with Crippen LogP contribution in [-0.2, 0) is 11.3 Å². The second kappa shape index (κ2) is 4.95. The molecule has 0 amide bonds. The van der Waals surface area contributed by atoms with Crippen LogP contribution in [0.3, 0.4) is 0 Å². The van der Waals surface area contributed by atoms with E-state index in [1.807, 2.05) is 12.1 Å². The normalized spacial score (nSPS) is 13.2. The third-order valence-corrected chi connectivity index (χ3v) is 1.62. The number of hydrogen-bond acceptors (Lipinski definition) is 3. The van der Waals surface area contributed by atoms with Gasteiger partial charge in [-0.25, -0.2) is 0 Å². The van der Waals surface area contributed by atoms with Crippen molar-refractivity contribution in [3.8, 4) is 0 Å². The first-order valence-electron chi connectivity index (χ1n) is 4.07. The van der Waals surface area contributed by atoms with Crippen LogP contribution in [0.15, 0.2) is 22.8 Å². The Hall–Kier alpha value is -0.800. The quantitative estimate of drug-likeness (QED) is 0.723. The van der Waals surface area contributed by atoms with Crippen molar-refractivity contribution in [3.05, 3.63) is 24.2 Å². The molecule has 68 valence electrons. The summed E-state index contributed by atoms with van der Waals surface area (Å²) in [6.07, 6.45) is 1.68. The molecule has 0 spiro atoms. The van der Waals surface area contributed by atoms with Crippen LogP contribution in [0.2, 0.25) is 0 Å². The predicted molar refractivity (Wildman–Crippen MR) is 46.9 cm³/mol. The lowest BCUT2D eigenvalue weighted by Crippen LogP contribution is -2.29. The zero-order valence-electron chi connectivity index (χ0n) is 7.54. The monoisotopic (exact) mass is 169 g/mol. The van der Waals surface area contributed by atoms with Gasteiger partial charge >= 0.3 is 0 Å². The van der Waals surface area contributed by atoms with Gasteiger partial charge in [-0.2, -0.15) is 0 Å². The summed E-state index contributed by atoms with van der Waals surface area (Å²) in [6.45, 7) is 3.56. The zero-order chi connectivity index (χ0) is 8.81. The Balaban J connectivity index is 2.17. The molecule has 0 aliphatic carbocycles. The molecule has 0 aromatic carbocycles. The van der Waals surface area contributed by atoms with Crippen LogP contribution in [0, 0.1) is 0 Å². The Morgan fingerprint density at radius 3 is 3.08 bits per heavy atom. The van der Waals surface area contributed by atoms with E-state index in [9.17, 15) is 0 Å². The van der Waals surface area contributed by atoms with E-state index in [0.717, 1.165) is 18.9 Å². The summed E-state index contributed by atoms with van der Waals surface area (Å²) in [7, 11) is 1.70. The molecule has 1 rings (SSSR count). The number of rotatable bonds is 5. The summed E-state index contributed by atoms with van der Waals surface area (Å²) in [5.41, 5.74) is 0. The molecule has 0 aliphatic heterocycles. The summed E-state index contributed by atoms with van der Waals surface area (Å²) in [4.78, 5) is 0. The molecule has 0 saturated carbocycles. The van der Waals surface area contributed by atoms with Crippen molar-refractivity contribution < 1.29 is 9.15 Å². The molecule has 0 unspecified atom stereocenters. The van der Waals surface area contributed by atoms with Crippen LogP contribution >= 0.6 is 0 Å². The van der Waals surface area contributed by atoms with E-state index in [-0.39, 0.29) is 0 Å². The molecule has 1 atom stereocenters. The van der Waals surface area contributed by atoms with Crippen LogP contribution in [0.25, 0.3) is 0 Å². The van der Waals surface area contributed by atoms with Crippen LogP contribution in [0.5, 0.6) is 0 Å². The number of furan rings is 1. The molecule has 0 fully saturated rings. The van der Waals surface area contributed by atoms with E-state index < -0.39 is 0 Å². The Morgan fingerprint density at radius 1 is 1.67 bits per heavy atom. The van der Waals surface area contributed by atoms with E-state index in [4.69, 9.17) is 9.15 Å². The lowest BCUT2D eigenvalue weighted by Gasteiger charge is -2.10. The summed E-state index contributed by atoms with van der Waals surface area (Å²) >= 11 is 0. The van der Waals surface area contributed by atoms with Crippen molar-refractivity contribution in [1.29, 1.82) is 0 Å². The van der Waals surface area contributed by atoms with Crippen molar-refractivity contribution in [3.63, 3.8) is 0 Å². The Morgan fingerprint density at radius 2 is 2.50 bits per heavy atom. The maximum absolute atomic E-state index is 5.16. The highest BCUT2D eigenvalue weighted by Crippen LogP contribution is 1.99. The number of nitrogens with one attached hydrogen (secondary N) is 1. The maximum atomic E-state index is 5.16. The molecule has 0 saturated heterocycles. The van der Waals surface area contributed by atoms with Gasteiger partial charge in [-0.1, -0.05) is 0 Å². The predicted octanol–water partition coefficient (Wildman–Crippen LogP) is 1.40. The minimum atomic E-state index is 0.361. The van der Waals surface area contributed by atoms with Gasteiger partial charge in [-0.15, -0.1) is 0 Å².